The van der Waals surface area contributed by atoms with Gasteiger partial charge in [0.05, 0.1) is 18.0 Å². The summed E-state index contributed by atoms with van der Waals surface area (Å²) in [4.78, 5) is 8.19. The summed E-state index contributed by atoms with van der Waals surface area (Å²) in [6.45, 7) is 1.86. The van der Waals surface area contributed by atoms with Gasteiger partial charge >= 0.3 is 0 Å². The third kappa shape index (κ3) is 4.16. The van der Waals surface area contributed by atoms with E-state index in [1.807, 2.05) is 13.0 Å². The monoisotopic (exact) mass is 317 g/mol. The number of anilines is 1. The molecular formula is C17H20FN3O2. The van der Waals surface area contributed by atoms with E-state index in [0.717, 1.165) is 24.7 Å². The van der Waals surface area contributed by atoms with Crippen LogP contribution in [0.1, 0.15) is 43.3 Å². The fraction of sp³-hybridized carbons (Fsp3) is 0.412. The van der Waals surface area contributed by atoms with Crippen LogP contribution in [0.4, 0.5) is 10.2 Å². The van der Waals surface area contributed by atoms with Gasteiger partial charge in [0, 0.05) is 17.8 Å². The van der Waals surface area contributed by atoms with Crippen molar-refractivity contribution in [1.82, 2.24) is 9.97 Å². The highest BCUT2D eigenvalue weighted by molar-refractivity contribution is 5.37. The molecule has 2 heterocycles. The number of halogens is 1. The molecule has 0 aromatic carbocycles. The van der Waals surface area contributed by atoms with Crippen molar-refractivity contribution >= 4 is 5.82 Å². The first kappa shape index (κ1) is 15.7. The zero-order valence-corrected chi connectivity index (χ0v) is 13.0. The average Bonchev–Trinajstić information content (AvgIpc) is 3.02. The van der Waals surface area contributed by atoms with E-state index < -0.39 is 12.0 Å². The molecule has 1 atom stereocenters. The third-order valence-corrected chi connectivity index (χ3v) is 3.84. The van der Waals surface area contributed by atoms with Gasteiger partial charge in [0.15, 0.2) is 6.23 Å². The van der Waals surface area contributed by atoms with E-state index >= 15 is 0 Å². The minimum absolute atomic E-state index is 0.244. The minimum atomic E-state index is -1.04. The van der Waals surface area contributed by atoms with Crippen LogP contribution in [-0.4, -0.2) is 21.2 Å². The maximum atomic E-state index is 12.9. The van der Waals surface area contributed by atoms with E-state index in [-0.39, 0.29) is 6.10 Å². The number of rotatable bonds is 5. The molecule has 5 nitrogen and oxygen atoms in total. The molecule has 0 bridgehead atoms. The minimum Gasteiger partial charge on any atom is -0.490 e. The zero-order valence-electron chi connectivity index (χ0n) is 13.0. The molecular weight excluding hydrogens is 297 g/mol. The maximum absolute atomic E-state index is 12.9. The van der Waals surface area contributed by atoms with Crippen LogP contribution in [0, 0.1) is 12.7 Å². The Morgan fingerprint density at radius 3 is 2.78 bits per heavy atom. The van der Waals surface area contributed by atoms with Crippen molar-refractivity contribution < 1.29 is 14.2 Å². The van der Waals surface area contributed by atoms with Gasteiger partial charge in [-0.05, 0) is 44.7 Å². The highest BCUT2D eigenvalue weighted by Gasteiger charge is 2.18. The molecule has 2 N–H and O–H groups in total. The average molecular weight is 317 g/mol. The SMILES string of the molecule is Cc1cc(OC2CCCC2)cc(C(O)Nc2ccc(F)cn2)n1. The lowest BCUT2D eigenvalue weighted by Crippen LogP contribution is -2.15. The number of pyridine rings is 2. The highest BCUT2D eigenvalue weighted by atomic mass is 19.1. The third-order valence-electron chi connectivity index (χ3n) is 3.84. The summed E-state index contributed by atoms with van der Waals surface area (Å²) in [5.41, 5.74) is 1.22. The lowest BCUT2D eigenvalue weighted by Gasteiger charge is -2.17. The smallest absolute Gasteiger partial charge is 0.169 e. The molecule has 1 aliphatic rings. The largest absolute Gasteiger partial charge is 0.490 e. The first-order valence-corrected chi connectivity index (χ1v) is 7.81. The van der Waals surface area contributed by atoms with E-state index in [2.05, 4.69) is 15.3 Å². The molecule has 122 valence electrons. The molecule has 1 aliphatic carbocycles. The van der Waals surface area contributed by atoms with E-state index in [0.29, 0.717) is 17.3 Å². The first-order chi connectivity index (χ1) is 11.1. The Morgan fingerprint density at radius 2 is 2.09 bits per heavy atom. The summed E-state index contributed by atoms with van der Waals surface area (Å²) in [6, 6.07) is 6.34. The second-order valence-electron chi connectivity index (χ2n) is 5.80. The number of nitrogens with one attached hydrogen (secondary N) is 1. The Morgan fingerprint density at radius 1 is 1.30 bits per heavy atom. The predicted octanol–water partition coefficient (Wildman–Crippen LogP) is 3.35. The van der Waals surface area contributed by atoms with Crippen LogP contribution < -0.4 is 10.1 Å². The lowest BCUT2D eigenvalue weighted by atomic mass is 10.2. The molecule has 3 rings (SSSR count). The van der Waals surface area contributed by atoms with Crippen molar-refractivity contribution in [1.29, 1.82) is 0 Å². The van der Waals surface area contributed by atoms with Crippen molar-refractivity contribution in [2.24, 2.45) is 0 Å². The summed E-state index contributed by atoms with van der Waals surface area (Å²) < 4.78 is 18.8. The number of aryl methyl sites for hydroxylation is 1. The van der Waals surface area contributed by atoms with Gasteiger partial charge in [-0.15, -0.1) is 0 Å². The van der Waals surface area contributed by atoms with E-state index in [1.54, 1.807) is 6.07 Å². The van der Waals surface area contributed by atoms with Crippen molar-refractivity contribution in [3.05, 3.63) is 47.7 Å². The molecule has 1 unspecified atom stereocenters. The topological polar surface area (TPSA) is 67.3 Å². The number of nitrogens with zero attached hydrogens (tertiary/aromatic N) is 2. The molecule has 1 fully saturated rings. The Balaban J connectivity index is 1.72. The summed E-state index contributed by atoms with van der Waals surface area (Å²) in [7, 11) is 0. The summed E-state index contributed by atoms with van der Waals surface area (Å²) in [5.74, 6) is 0.666. The highest BCUT2D eigenvalue weighted by Crippen LogP contribution is 2.26. The molecule has 0 spiro atoms. The fourth-order valence-corrected chi connectivity index (χ4v) is 2.74. The van der Waals surface area contributed by atoms with Gasteiger partial charge in [-0.1, -0.05) is 0 Å². The summed E-state index contributed by atoms with van der Waals surface area (Å²) >= 11 is 0. The van der Waals surface area contributed by atoms with Crippen LogP contribution in [0.25, 0.3) is 0 Å². The predicted molar refractivity (Wildman–Crippen MR) is 84.6 cm³/mol. The lowest BCUT2D eigenvalue weighted by molar-refractivity contribution is 0.195. The van der Waals surface area contributed by atoms with Gasteiger partial charge in [0.1, 0.15) is 17.4 Å². The van der Waals surface area contributed by atoms with Crippen molar-refractivity contribution in [3.63, 3.8) is 0 Å². The second kappa shape index (κ2) is 6.91. The standard InChI is InChI=1S/C17H20FN3O2/c1-11-8-14(23-13-4-2-3-5-13)9-15(20-11)17(22)21-16-7-6-12(18)10-19-16/h6-10,13,17,22H,2-5H2,1H3,(H,19,21). The summed E-state index contributed by atoms with van der Waals surface area (Å²) in [6.07, 6.45) is 4.82. The van der Waals surface area contributed by atoms with Crippen molar-refractivity contribution in [2.45, 2.75) is 44.9 Å². The van der Waals surface area contributed by atoms with Gasteiger partial charge in [-0.3, -0.25) is 4.98 Å². The van der Waals surface area contributed by atoms with Crippen LogP contribution in [0.3, 0.4) is 0 Å². The number of aromatic nitrogens is 2. The van der Waals surface area contributed by atoms with Crippen LogP contribution in [0.2, 0.25) is 0 Å². The molecule has 6 heteroatoms. The van der Waals surface area contributed by atoms with Gasteiger partial charge in [-0.2, -0.15) is 0 Å². The van der Waals surface area contributed by atoms with Crippen molar-refractivity contribution in [2.75, 3.05) is 5.32 Å². The van der Waals surface area contributed by atoms with Gasteiger partial charge < -0.3 is 15.2 Å². The quantitative estimate of drug-likeness (QED) is 0.828. The second-order valence-corrected chi connectivity index (χ2v) is 5.80. The number of aliphatic hydroxyl groups is 1. The van der Waals surface area contributed by atoms with Gasteiger partial charge in [0.25, 0.3) is 0 Å². The Labute approximate surface area is 134 Å². The Bertz CT molecular complexity index is 657. The Hall–Kier alpha value is -2.21. The molecule has 1 saturated carbocycles. The molecule has 0 aliphatic heterocycles. The summed E-state index contributed by atoms with van der Waals surface area (Å²) in [5, 5.41) is 13.1. The first-order valence-electron chi connectivity index (χ1n) is 7.81. The van der Waals surface area contributed by atoms with Gasteiger partial charge in [-0.25, -0.2) is 9.37 Å². The number of aliphatic hydroxyl groups excluding tert-OH is 1. The van der Waals surface area contributed by atoms with Crippen LogP contribution >= 0.6 is 0 Å². The molecule has 0 amide bonds. The number of hydrogen-bond donors (Lipinski definition) is 2. The molecule has 23 heavy (non-hydrogen) atoms. The fourth-order valence-electron chi connectivity index (χ4n) is 2.74. The van der Waals surface area contributed by atoms with Crippen molar-refractivity contribution in [3.8, 4) is 5.75 Å². The van der Waals surface area contributed by atoms with Crippen LogP contribution in [-0.2, 0) is 0 Å². The van der Waals surface area contributed by atoms with Gasteiger partial charge in [0.2, 0.25) is 0 Å². The maximum Gasteiger partial charge on any atom is 0.169 e. The molecule has 2 aromatic rings. The van der Waals surface area contributed by atoms with E-state index in [9.17, 15) is 9.50 Å². The van der Waals surface area contributed by atoms with Crippen LogP contribution in [0.5, 0.6) is 5.75 Å². The normalized spacial score (nSPS) is 16.3. The zero-order chi connectivity index (χ0) is 16.2. The van der Waals surface area contributed by atoms with Crippen LogP contribution in [0.15, 0.2) is 30.5 Å². The van der Waals surface area contributed by atoms with E-state index in [1.165, 1.54) is 25.0 Å². The molecule has 2 aromatic heterocycles. The number of hydrogen-bond acceptors (Lipinski definition) is 5. The Kier molecular flexibility index (Phi) is 4.71. The van der Waals surface area contributed by atoms with E-state index in [4.69, 9.17) is 4.74 Å². The molecule has 0 radical (unpaired) electrons. The molecule has 0 saturated heterocycles. The number of ether oxygens (including phenoxy) is 1.